The first-order valence-corrected chi connectivity index (χ1v) is 7.27. The molecule has 21 heavy (non-hydrogen) atoms. The van der Waals surface area contributed by atoms with Crippen molar-refractivity contribution >= 4 is 23.4 Å². The number of carbonyl (C=O) groups excluding carboxylic acids is 2. The Labute approximate surface area is 129 Å². The van der Waals surface area contributed by atoms with Gasteiger partial charge in [-0.15, -0.1) is 0 Å². The first-order valence-electron chi connectivity index (χ1n) is 6.89. The molecule has 0 spiro atoms. The van der Waals surface area contributed by atoms with Crippen molar-refractivity contribution in [3.63, 3.8) is 0 Å². The van der Waals surface area contributed by atoms with Crippen LogP contribution in [0.2, 0.25) is 5.02 Å². The van der Waals surface area contributed by atoms with Gasteiger partial charge in [-0.3, -0.25) is 9.59 Å². The number of hydrogen-bond donors (Lipinski definition) is 0. The lowest BCUT2D eigenvalue weighted by molar-refractivity contribution is -0.139. The van der Waals surface area contributed by atoms with Crippen molar-refractivity contribution in [1.29, 1.82) is 0 Å². The predicted octanol–water partition coefficient (Wildman–Crippen LogP) is 1.72. The molecule has 0 N–H and O–H groups in total. The van der Waals surface area contributed by atoms with E-state index in [-0.39, 0.29) is 18.4 Å². The molecule has 114 valence electrons. The first-order chi connectivity index (χ1) is 9.97. The fourth-order valence-electron chi connectivity index (χ4n) is 2.28. The van der Waals surface area contributed by atoms with Crippen LogP contribution in [0, 0.1) is 6.92 Å². The molecule has 1 fully saturated rings. The number of amides is 2. The van der Waals surface area contributed by atoms with Crippen LogP contribution in [0.1, 0.15) is 12.5 Å². The highest BCUT2D eigenvalue weighted by atomic mass is 35.5. The van der Waals surface area contributed by atoms with Crippen molar-refractivity contribution in [1.82, 2.24) is 9.80 Å². The molecule has 2 rings (SSSR count). The summed E-state index contributed by atoms with van der Waals surface area (Å²) in [5.41, 5.74) is 0.900. The van der Waals surface area contributed by atoms with Crippen LogP contribution in [0.5, 0.6) is 5.75 Å². The number of piperazine rings is 1. The van der Waals surface area contributed by atoms with E-state index in [0.29, 0.717) is 37.0 Å². The molecule has 1 aromatic rings. The maximum Gasteiger partial charge on any atom is 0.260 e. The number of halogens is 1. The van der Waals surface area contributed by atoms with Crippen LogP contribution in [0.15, 0.2) is 18.2 Å². The third-order valence-corrected chi connectivity index (χ3v) is 3.80. The number of benzene rings is 1. The molecule has 0 radical (unpaired) electrons. The lowest BCUT2D eigenvalue weighted by Crippen LogP contribution is -2.51. The molecule has 1 aliphatic rings. The fourth-order valence-corrected chi connectivity index (χ4v) is 2.50. The molecule has 5 nitrogen and oxygen atoms in total. The van der Waals surface area contributed by atoms with E-state index < -0.39 is 0 Å². The van der Waals surface area contributed by atoms with Crippen molar-refractivity contribution in [3.8, 4) is 5.75 Å². The number of hydrogen-bond acceptors (Lipinski definition) is 3. The van der Waals surface area contributed by atoms with Crippen molar-refractivity contribution in [3.05, 3.63) is 28.8 Å². The third-order valence-electron chi connectivity index (χ3n) is 3.57. The number of ether oxygens (including phenoxy) is 1. The molecule has 0 aromatic heterocycles. The summed E-state index contributed by atoms with van der Waals surface area (Å²) in [4.78, 5) is 26.8. The van der Waals surface area contributed by atoms with E-state index in [1.54, 1.807) is 34.9 Å². The Morgan fingerprint density at radius 3 is 2.38 bits per heavy atom. The topological polar surface area (TPSA) is 49.9 Å². The van der Waals surface area contributed by atoms with Gasteiger partial charge >= 0.3 is 0 Å². The summed E-state index contributed by atoms with van der Waals surface area (Å²) >= 11 is 5.88. The van der Waals surface area contributed by atoms with Gasteiger partial charge in [-0.1, -0.05) is 11.6 Å². The van der Waals surface area contributed by atoms with Crippen molar-refractivity contribution < 1.29 is 14.3 Å². The Balaban J connectivity index is 1.84. The van der Waals surface area contributed by atoms with Gasteiger partial charge in [-0.05, 0) is 30.7 Å². The fraction of sp³-hybridized carbons (Fsp3) is 0.467. The van der Waals surface area contributed by atoms with Crippen LogP contribution in [-0.2, 0) is 9.59 Å². The zero-order chi connectivity index (χ0) is 15.4. The van der Waals surface area contributed by atoms with Crippen molar-refractivity contribution in [2.75, 3.05) is 32.8 Å². The number of rotatable bonds is 3. The van der Waals surface area contributed by atoms with Gasteiger partial charge in [0.05, 0.1) is 0 Å². The largest absolute Gasteiger partial charge is 0.483 e. The molecule has 1 saturated heterocycles. The molecule has 1 aromatic carbocycles. The maximum atomic E-state index is 12.1. The molecular weight excluding hydrogens is 292 g/mol. The summed E-state index contributed by atoms with van der Waals surface area (Å²) < 4.78 is 5.55. The van der Waals surface area contributed by atoms with Gasteiger partial charge in [0, 0.05) is 38.1 Å². The van der Waals surface area contributed by atoms with E-state index >= 15 is 0 Å². The second-order valence-electron chi connectivity index (χ2n) is 5.09. The first kappa shape index (κ1) is 15.6. The average Bonchev–Trinajstić information content (AvgIpc) is 2.46. The van der Waals surface area contributed by atoms with Gasteiger partial charge in [0.25, 0.3) is 5.91 Å². The van der Waals surface area contributed by atoms with Crippen LogP contribution < -0.4 is 4.74 Å². The predicted molar refractivity (Wildman–Crippen MR) is 80.5 cm³/mol. The van der Waals surface area contributed by atoms with Crippen molar-refractivity contribution in [2.24, 2.45) is 0 Å². The standard InChI is InChI=1S/C15H19ClN2O3/c1-11-9-13(16)3-4-14(11)21-10-15(20)18-7-5-17(6-8-18)12(2)19/h3-4,9H,5-8,10H2,1-2H3. The Morgan fingerprint density at radius 1 is 1.19 bits per heavy atom. The Bertz CT molecular complexity index is 540. The number of aryl methyl sites for hydroxylation is 1. The normalized spacial score (nSPS) is 15.0. The SMILES string of the molecule is CC(=O)N1CCN(C(=O)COc2ccc(Cl)cc2C)CC1. The van der Waals surface area contributed by atoms with E-state index in [1.807, 2.05) is 6.92 Å². The van der Waals surface area contributed by atoms with Crippen LogP contribution in [0.3, 0.4) is 0 Å². The minimum absolute atomic E-state index is 0.00252. The van der Waals surface area contributed by atoms with E-state index in [1.165, 1.54) is 0 Å². The van der Waals surface area contributed by atoms with E-state index in [4.69, 9.17) is 16.3 Å². The minimum Gasteiger partial charge on any atom is -0.483 e. The van der Waals surface area contributed by atoms with Gasteiger partial charge in [0.15, 0.2) is 6.61 Å². The molecule has 1 aliphatic heterocycles. The average molecular weight is 311 g/mol. The van der Waals surface area contributed by atoms with Gasteiger partial charge in [0.2, 0.25) is 5.91 Å². The van der Waals surface area contributed by atoms with Crippen LogP contribution in [0.4, 0.5) is 0 Å². The summed E-state index contributed by atoms with van der Waals surface area (Å²) in [7, 11) is 0. The molecule has 0 unspecified atom stereocenters. The highest BCUT2D eigenvalue weighted by Crippen LogP contribution is 2.21. The minimum atomic E-state index is -0.0625. The monoisotopic (exact) mass is 310 g/mol. The lowest BCUT2D eigenvalue weighted by atomic mass is 10.2. The highest BCUT2D eigenvalue weighted by molar-refractivity contribution is 6.30. The van der Waals surface area contributed by atoms with Gasteiger partial charge < -0.3 is 14.5 Å². The van der Waals surface area contributed by atoms with Crippen LogP contribution in [0.25, 0.3) is 0 Å². The molecule has 0 atom stereocenters. The van der Waals surface area contributed by atoms with E-state index in [9.17, 15) is 9.59 Å². The number of carbonyl (C=O) groups is 2. The van der Waals surface area contributed by atoms with Crippen LogP contribution in [-0.4, -0.2) is 54.4 Å². The van der Waals surface area contributed by atoms with E-state index in [0.717, 1.165) is 5.56 Å². The molecule has 0 bridgehead atoms. The Hall–Kier alpha value is -1.75. The summed E-state index contributed by atoms with van der Waals surface area (Å²) in [5.74, 6) is 0.651. The van der Waals surface area contributed by atoms with Gasteiger partial charge in [0.1, 0.15) is 5.75 Å². The summed E-state index contributed by atoms with van der Waals surface area (Å²) in [6.45, 7) is 5.72. The van der Waals surface area contributed by atoms with Gasteiger partial charge in [-0.25, -0.2) is 0 Å². The summed E-state index contributed by atoms with van der Waals surface area (Å²) in [5, 5.41) is 0.645. The quantitative estimate of drug-likeness (QED) is 0.854. The molecule has 6 heteroatoms. The van der Waals surface area contributed by atoms with E-state index in [2.05, 4.69) is 0 Å². The van der Waals surface area contributed by atoms with Gasteiger partial charge in [-0.2, -0.15) is 0 Å². The Morgan fingerprint density at radius 2 is 1.81 bits per heavy atom. The molecular formula is C15H19ClN2O3. The second-order valence-corrected chi connectivity index (χ2v) is 5.52. The van der Waals surface area contributed by atoms with Crippen LogP contribution >= 0.6 is 11.6 Å². The lowest BCUT2D eigenvalue weighted by Gasteiger charge is -2.34. The number of nitrogens with zero attached hydrogens (tertiary/aromatic N) is 2. The second kappa shape index (κ2) is 6.80. The maximum absolute atomic E-state index is 12.1. The smallest absolute Gasteiger partial charge is 0.260 e. The summed E-state index contributed by atoms with van der Waals surface area (Å²) in [6.07, 6.45) is 0. The van der Waals surface area contributed by atoms with Crippen molar-refractivity contribution in [2.45, 2.75) is 13.8 Å². The molecule has 2 amide bonds. The third kappa shape index (κ3) is 4.11. The summed E-state index contributed by atoms with van der Waals surface area (Å²) in [6, 6.07) is 5.30. The molecule has 0 saturated carbocycles. The molecule has 0 aliphatic carbocycles. The zero-order valence-corrected chi connectivity index (χ0v) is 13.0. The Kier molecular flexibility index (Phi) is 5.07. The highest BCUT2D eigenvalue weighted by Gasteiger charge is 2.22. The zero-order valence-electron chi connectivity index (χ0n) is 12.3. The molecule has 1 heterocycles.